The van der Waals surface area contributed by atoms with Gasteiger partial charge in [0.1, 0.15) is 0 Å². The number of hydrogen-bond donors (Lipinski definition) is 0. The van der Waals surface area contributed by atoms with Crippen molar-refractivity contribution in [2.75, 3.05) is 13.6 Å². The van der Waals surface area contributed by atoms with Gasteiger partial charge in [0.15, 0.2) is 5.78 Å². The fourth-order valence-electron chi connectivity index (χ4n) is 1.02. The molecule has 0 N–H and O–H groups in total. The third-order valence-electron chi connectivity index (χ3n) is 1.95. The van der Waals surface area contributed by atoms with Gasteiger partial charge >= 0.3 is 0 Å². The second-order valence-corrected chi connectivity index (χ2v) is 3.09. The molecule has 1 amide bonds. The maximum Gasteiger partial charge on any atom is 0.245 e. The van der Waals surface area contributed by atoms with Crippen LogP contribution >= 0.6 is 0 Å². The molecule has 0 fully saturated rings. The quantitative estimate of drug-likeness (QED) is 0.456. The summed E-state index contributed by atoms with van der Waals surface area (Å²) in [5.74, 6) is -0.0252. The molecule has 0 aromatic rings. The summed E-state index contributed by atoms with van der Waals surface area (Å²) in [4.78, 5) is 23.4. The van der Waals surface area contributed by atoms with E-state index < -0.39 is 0 Å². The van der Waals surface area contributed by atoms with Crippen LogP contribution in [0.1, 0.15) is 19.3 Å². The number of likely N-dealkylation sites (N-methyl/N-ethyl adjacent to an activating group) is 1. The predicted octanol–water partition coefficient (Wildman–Crippen LogP) is 1.56. The predicted molar refractivity (Wildman–Crippen MR) is 56.9 cm³/mol. The largest absolute Gasteiger partial charge is 0.342 e. The van der Waals surface area contributed by atoms with E-state index in [2.05, 4.69) is 13.2 Å². The van der Waals surface area contributed by atoms with Gasteiger partial charge in [0.25, 0.3) is 0 Å². The molecule has 78 valence electrons. The molecule has 0 saturated carbocycles. The van der Waals surface area contributed by atoms with E-state index in [4.69, 9.17) is 0 Å². The zero-order valence-electron chi connectivity index (χ0n) is 8.66. The number of amides is 1. The maximum atomic E-state index is 11.0. The van der Waals surface area contributed by atoms with Gasteiger partial charge in [0.05, 0.1) is 0 Å². The number of allylic oxidation sites excluding steroid dienone is 1. The molecule has 0 saturated heterocycles. The molecular formula is C11H17NO2. The van der Waals surface area contributed by atoms with E-state index in [9.17, 15) is 9.59 Å². The van der Waals surface area contributed by atoms with Crippen molar-refractivity contribution >= 4 is 11.7 Å². The molecule has 0 spiro atoms. The van der Waals surface area contributed by atoms with Crippen LogP contribution in [0.15, 0.2) is 25.3 Å². The Bertz CT molecular complexity index is 233. The molecular weight excluding hydrogens is 178 g/mol. The van der Waals surface area contributed by atoms with Crippen molar-refractivity contribution in [2.45, 2.75) is 19.3 Å². The summed E-state index contributed by atoms with van der Waals surface area (Å²) < 4.78 is 0. The Morgan fingerprint density at radius 1 is 1.21 bits per heavy atom. The van der Waals surface area contributed by atoms with Gasteiger partial charge < -0.3 is 4.90 Å². The van der Waals surface area contributed by atoms with E-state index in [1.54, 1.807) is 11.9 Å². The van der Waals surface area contributed by atoms with Crippen LogP contribution in [0.3, 0.4) is 0 Å². The Balaban J connectivity index is 3.54. The van der Waals surface area contributed by atoms with Crippen LogP contribution in [0.4, 0.5) is 0 Å². The summed E-state index contributed by atoms with van der Waals surface area (Å²) in [5, 5.41) is 0. The normalized spacial score (nSPS) is 9.21. The van der Waals surface area contributed by atoms with Crippen molar-refractivity contribution in [3.63, 3.8) is 0 Å². The van der Waals surface area contributed by atoms with E-state index in [0.717, 1.165) is 12.8 Å². The average Bonchev–Trinajstić information content (AvgIpc) is 2.22. The smallest absolute Gasteiger partial charge is 0.245 e. The van der Waals surface area contributed by atoms with Crippen LogP contribution in [0.25, 0.3) is 0 Å². The summed E-state index contributed by atoms with van der Waals surface area (Å²) >= 11 is 0. The average molecular weight is 195 g/mol. The molecule has 0 unspecified atom stereocenters. The molecule has 3 heteroatoms. The molecule has 0 aromatic heterocycles. The highest BCUT2D eigenvalue weighted by Gasteiger charge is 2.03. The molecule has 0 heterocycles. The van der Waals surface area contributed by atoms with Gasteiger partial charge in [-0.3, -0.25) is 9.59 Å². The van der Waals surface area contributed by atoms with Crippen LogP contribution in [-0.2, 0) is 9.59 Å². The monoisotopic (exact) mass is 195 g/mol. The highest BCUT2D eigenvalue weighted by molar-refractivity contribution is 5.89. The van der Waals surface area contributed by atoms with Crippen LogP contribution in [-0.4, -0.2) is 30.2 Å². The fraction of sp³-hybridized carbons (Fsp3) is 0.455. The van der Waals surface area contributed by atoms with Gasteiger partial charge in [-0.2, -0.15) is 0 Å². The lowest BCUT2D eigenvalue weighted by atomic mass is 10.2. The van der Waals surface area contributed by atoms with Gasteiger partial charge in [-0.25, -0.2) is 0 Å². The zero-order valence-corrected chi connectivity index (χ0v) is 8.66. The second-order valence-electron chi connectivity index (χ2n) is 3.09. The molecule has 0 rings (SSSR count). The Kier molecular flexibility index (Phi) is 6.37. The number of rotatable bonds is 7. The summed E-state index contributed by atoms with van der Waals surface area (Å²) in [7, 11) is 1.72. The molecule has 0 atom stereocenters. The van der Waals surface area contributed by atoms with Gasteiger partial charge in [-0.05, 0) is 25.0 Å². The minimum absolute atomic E-state index is 0.0581. The summed E-state index contributed by atoms with van der Waals surface area (Å²) in [6.45, 7) is 7.44. The van der Waals surface area contributed by atoms with E-state index in [1.807, 2.05) is 0 Å². The first-order chi connectivity index (χ1) is 6.61. The van der Waals surface area contributed by atoms with Crippen molar-refractivity contribution in [3.05, 3.63) is 25.3 Å². The van der Waals surface area contributed by atoms with Gasteiger partial charge in [0, 0.05) is 20.0 Å². The summed E-state index contributed by atoms with van der Waals surface area (Å²) in [6, 6.07) is 0. The second kappa shape index (κ2) is 7.06. The molecule has 0 bridgehead atoms. The first-order valence-electron chi connectivity index (χ1n) is 4.64. The minimum atomic E-state index is -0.0833. The molecule has 14 heavy (non-hydrogen) atoms. The van der Waals surface area contributed by atoms with Gasteiger partial charge in [-0.1, -0.05) is 13.2 Å². The van der Waals surface area contributed by atoms with Crippen LogP contribution in [0.5, 0.6) is 0 Å². The topological polar surface area (TPSA) is 37.4 Å². The molecule has 0 aliphatic rings. The standard InChI is InChI=1S/C11H17NO2/c1-4-10(13)8-6-7-9-12(3)11(14)5-2/h4-5H,1-2,6-9H2,3H3. The van der Waals surface area contributed by atoms with Crippen molar-refractivity contribution in [1.82, 2.24) is 4.90 Å². The van der Waals surface area contributed by atoms with Gasteiger partial charge in [-0.15, -0.1) is 0 Å². The Morgan fingerprint density at radius 3 is 2.36 bits per heavy atom. The number of carbonyl (C=O) groups is 2. The molecule has 0 aliphatic heterocycles. The highest BCUT2D eigenvalue weighted by Crippen LogP contribution is 1.99. The number of ketones is 1. The molecule has 0 aromatic carbocycles. The van der Waals surface area contributed by atoms with Crippen molar-refractivity contribution in [1.29, 1.82) is 0 Å². The van der Waals surface area contributed by atoms with Crippen molar-refractivity contribution in [3.8, 4) is 0 Å². The fourth-order valence-corrected chi connectivity index (χ4v) is 1.02. The SMILES string of the molecule is C=CC(=O)CCCCN(C)C(=O)C=C. The van der Waals surface area contributed by atoms with E-state index in [-0.39, 0.29) is 11.7 Å². The molecule has 0 aliphatic carbocycles. The zero-order chi connectivity index (χ0) is 11.0. The highest BCUT2D eigenvalue weighted by atomic mass is 16.2. The number of hydrogen-bond acceptors (Lipinski definition) is 2. The van der Waals surface area contributed by atoms with Crippen LogP contribution < -0.4 is 0 Å². The van der Waals surface area contributed by atoms with Gasteiger partial charge in [0.2, 0.25) is 5.91 Å². The maximum absolute atomic E-state index is 11.0. The van der Waals surface area contributed by atoms with Crippen molar-refractivity contribution in [2.24, 2.45) is 0 Å². The number of carbonyl (C=O) groups excluding carboxylic acids is 2. The Labute approximate surface area is 85.1 Å². The van der Waals surface area contributed by atoms with Crippen LogP contribution in [0, 0.1) is 0 Å². The first kappa shape index (κ1) is 12.6. The first-order valence-corrected chi connectivity index (χ1v) is 4.64. The summed E-state index contributed by atoms with van der Waals surface area (Å²) in [5.41, 5.74) is 0. The lowest BCUT2D eigenvalue weighted by molar-refractivity contribution is -0.124. The number of nitrogens with zero attached hydrogens (tertiary/aromatic N) is 1. The number of unbranched alkanes of at least 4 members (excludes halogenated alkanes) is 1. The van der Waals surface area contributed by atoms with E-state index in [1.165, 1.54) is 12.2 Å². The molecule has 0 radical (unpaired) electrons. The van der Waals surface area contributed by atoms with Crippen molar-refractivity contribution < 1.29 is 9.59 Å². The molecule has 3 nitrogen and oxygen atoms in total. The minimum Gasteiger partial charge on any atom is -0.342 e. The van der Waals surface area contributed by atoms with Crippen LogP contribution in [0.2, 0.25) is 0 Å². The third-order valence-corrected chi connectivity index (χ3v) is 1.95. The lowest BCUT2D eigenvalue weighted by Crippen LogP contribution is -2.25. The van der Waals surface area contributed by atoms with E-state index in [0.29, 0.717) is 13.0 Å². The summed E-state index contributed by atoms with van der Waals surface area (Å²) in [6.07, 6.45) is 4.75. The Morgan fingerprint density at radius 2 is 1.86 bits per heavy atom. The third kappa shape index (κ3) is 5.30. The Hall–Kier alpha value is -1.38. The van der Waals surface area contributed by atoms with E-state index >= 15 is 0 Å². The lowest BCUT2D eigenvalue weighted by Gasteiger charge is -2.13.